The molecule has 3 rings (SSSR count). The highest BCUT2D eigenvalue weighted by atomic mass is 19.3. The van der Waals surface area contributed by atoms with E-state index in [9.17, 15) is 18.7 Å². The standard InChI is InChI=1S/C19H24F2N4O3/c1-12-4-5-13(2)25(12)18-9-16(28-3)15(10-22-18)23-6-7-24(19(26)27)14(11-23)8-17(20)21/h4-5,9-10,14,17H,6-8,11H2,1-3H3,(H,26,27). The van der Waals surface area contributed by atoms with Gasteiger partial charge in [-0.2, -0.15) is 0 Å². The van der Waals surface area contributed by atoms with Crippen LogP contribution in [0.1, 0.15) is 17.8 Å². The van der Waals surface area contributed by atoms with Gasteiger partial charge in [0.25, 0.3) is 0 Å². The quantitative estimate of drug-likeness (QED) is 0.842. The molecule has 0 bridgehead atoms. The molecule has 1 atom stereocenters. The lowest BCUT2D eigenvalue weighted by molar-refractivity contribution is 0.0702. The highest BCUT2D eigenvalue weighted by Gasteiger charge is 2.33. The van der Waals surface area contributed by atoms with Crippen molar-refractivity contribution < 1.29 is 23.4 Å². The lowest BCUT2D eigenvalue weighted by Crippen LogP contribution is -2.55. The predicted molar refractivity (Wildman–Crippen MR) is 101 cm³/mol. The molecule has 2 aromatic rings. The number of methoxy groups -OCH3 is 1. The van der Waals surface area contributed by atoms with E-state index < -0.39 is 25.0 Å². The van der Waals surface area contributed by atoms with Gasteiger partial charge in [-0.05, 0) is 26.0 Å². The number of amides is 1. The number of rotatable bonds is 5. The number of alkyl halides is 2. The van der Waals surface area contributed by atoms with Crippen molar-refractivity contribution >= 4 is 11.8 Å². The molecule has 2 aromatic heterocycles. The first-order chi connectivity index (χ1) is 13.3. The number of carboxylic acid groups (broad SMARTS) is 1. The number of nitrogens with zero attached hydrogens (tertiary/aromatic N) is 4. The molecule has 7 nitrogen and oxygen atoms in total. The fourth-order valence-electron chi connectivity index (χ4n) is 3.71. The maximum atomic E-state index is 12.9. The third-order valence-electron chi connectivity index (χ3n) is 5.07. The van der Waals surface area contributed by atoms with E-state index in [1.54, 1.807) is 19.4 Å². The first kappa shape index (κ1) is 19.9. The summed E-state index contributed by atoms with van der Waals surface area (Å²) < 4.78 is 33.4. The first-order valence-electron chi connectivity index (χ1n) is 9.03. The molecule has 1 N–H and O–H groups in total. The summed E-state index contributed by atoms with van der Waals surface area (Å²) >= 11 is 0. The number of anilines is 1. The number of halogens is 2. The average molecular weight is 394 g/mol. The molecule has 0 aliphatic carbocycles. The van der Waals surface area contributed by atoms with E-state index in [-0.39, 0.29) is 13.1 Å². The molecule has 0 radical (unpaired) electrons. The van der Waals surface area contributed by atoms with Crippen molar-refractivity contribution in [1.82, 2.24) is 14.5 Å². The van der Waals surface area contributed by atoms with Gasteiger partial charge in [0.05, 0.1) is 25.0 Å². The molecular weight excluding hydrogens is 370 g/mol. The number of pyridine rings is 1. The molecular formula is C19H24F2N4O3. The van der Waals surface area contributed by atoms with Crippen LogP contribution in [0, 0.1) is 13.8 Å². The van der Waals surface area contributed by atoms with Gasteiger partial charge in [0.1, 0.15) is 11.6 Å². The molecule has 1 aliphatic heterocycles. The number of piperazine rings is 1. The second-order valence-electron chi connectivity index (χ2n) is 6.87. The lowest BCUT2D eigenvalue weighted by atomic mass is 10.1. The molecule has 152 valence electrons. The van der Waals surface area contributed by atoms with Crippen molar-refractivity contribution in [2.24, 2.45) is 0 Å². The van der Waals surface area contributed by atoms with Gasteiger partial charge in [-0.3, -0.25) is 0 Å². The summed E-state index contributed by atoms with van der Waals surface area (Å²) in [6.45, 7) is 4.65. The minimum Gasteiger partial charge on any atom is -0.494 e. The van der Waals surface area contributed by atoms with Crippen LogP contribution in [-0.4, -0.2) is 64.9 Å². The van der Waals surface area contributed by atoms with Gasteiger partial charge in [-0.15, -0.1) is 0 Å². The Kier molecular flexibility index (Phi) is 5.71. The van der Waals surface area contributed by atoms with Gasteiger partial charge in [-0.25, -0.2) is 18.6 Å². The van der Waals surface area contributed by atoms with Crippen molar-refractivity contribution in [3.8, 4) is 11.6 Å². The summed E-state index contributed by atoms with van der Waals surface area (Å²) in [5.41, 5.74) is 2.73. The molecule has 0 saturated carbocycles. The molecule has 0 spiro atoms. The average Bonchev–Trinajstić information content (AvgIpc) is 2.98. The van der Waals surface area contributed by atoms with Crippen LogP contribution in [0.15, 0.2) is 24.4 Å². The zero-order valence-electron chi connectivity index (χ0n) is 16.1. The Morgan fingerprint density at radius 1 is 1.32 bits per heavy atom. The summed E-state index contributed by atoms with van der Waals surface area (Å²) in [6, 6.07) is 5.01. The van der Waals surface area contributed by atoms with Gasteiger partial charge in [0, 0.05) is 43.5 Å². The smallest absolute Gasteiger partial charge is 0.407 e. The Morgan fingerprint density at radius 2 is 2.00 bits per heavy atom. The van der Waals surface area contributed by atoms with Crippen LogP contribution in [0.5, 0.6) is 5.75 Å². The number of ether oxygens (including phenoxy) is 1. The third-order valence-corrected chi connectivity index (χ3v) is 5.07. The van der Waals surface area contributed by atoms with Crippen LogP contribution in [0.2, 0.25) is 0 Å². The van der Waals surface area contributed by atoms with Crippen molar-refractivity contribution in [3.05, 3.63) is 35.8 Å². The maximum absolute atomic E-state index is 12.9. The van der Waals surface area contributed by atoms with E-state index in [1.165, 1.54) is 0 Å². The van der Waals surface area contributed by atoms with Crippen LogP contribution >= 0.6 is 0 Å². The number of aromatic nitrogens is 2. The molecule has 1 amide bonds. The van der Waals surface area contributed by atoms with Crippen molar-refractivity contribution in [2.75, 3.05) is 31.6 Å². The molecule has 0 aromatic carbocycles. The number of hydrogen-bond acceptors (Lipinski definition) is 4. The van der Waals surface area contributed by atoms with Gasteiger partial charge in [0.2, 0.25) is 6.43 Å². The highest BCUT2D eigenvalue weighted by Crippen LogP contribution is 2.32. The van der Waals surface area contributed by atoms with E-state index in [0.29, 0.717) is 23.8 Å². The molecule has 1 aliphatic rings. The zero-order valence-corrected chi connectivity index (χ0v) is 16.1. The van der Waals surface area contributed by atoms with Crippen LogP contribution in [0.3, 0.4) is 0 Å². The zero-order chi connectivity index (χ0) is 20.4. The Bertz CT molecular complexity index is 836. The molecule has 1 saturated heterocycles. The molecule has 1 fully saturated rings. The summed E-state index contributed by atoms with van der Waals surface area (Å²) in [7, 11) is 1.54. The van der Waals surface area contributed by atoms with Gasteiger partial charge in [0.15, 0.2) is 0 Å². The third kappa shape index (κ3) is 3.88. The first-order valence-corrected chi connectivity index (χ1v) is 9.03. The van der Waals surface area contributed by atoms with Crippen LogP contribution in [0.25, 0.3) is 5.82 Å². The molecule has 28 heavy (non-hydrogen) atoms. The van der Waals surface area contributed by atoms with E-state index >= 15 is 0 Å². The maximum Gasteiger partial charge on any atom is 0.407 e. The largest absolute Gasteiger partial charge is 0.494 e. The summed E-state index contributed by atoms with van der Waals surface area (Å²) in [6.07, 6.45) is -2.60. The number of aryl methyl sites for hydroxylation is 2. The Morgan fingerprint density at radius 3 is 2.57 bits per heavy atom. The van der Waals surface area contributed by atoms with E-state index in [0.717, 1.165) is 16.3 Å². The van der Waals surface area contributed by atoms with Gasteiger partial charge >= 0.3 is 6.09 Å². The fourth-order valence-corrected chi connectivity index (χ4v) is 3.71. The number of carbonyl (C=O) groups is 1. The second-order valence-corrected chi connectivity index (χ2v) is 6.87. The van der Waals surface area contributed by atoms with E-state index in [2.05, 4.69) is 4.98 Å². The molecule has 9 heteroatoms. The SMILES string of the molecule is COc1cc(-n2c(C)ccc2C)ncc1N1CCN(C(=O)O)C(CC(F)F)C1. The van der Waals surface area contributed by atoms with Crippen molar-refractivity contribution in [1.29, 1.82) is 0 Å². The van der Waals surface area contributed by atoms with Crippen LogP contribution in [-0.2, 0) is 0 Å². The lowest BCUT2D eigenvalue weighted by Gasteiger charge is -2.41. The van der Waals surface area contributed by atoms with Crippen molar-refractivity contribution in [2.45, 2.75) is 32.7 Å². The van der Waals surface area contributed by atoms with Crippen LogP contribution < -0.4 is 9.64 Å². The summed E-state index contributed by atoms with van der Waals surface area (Å²) in [5, 5.41) is 9.30. The normalized spacial score (nSPS) is 17.3. The monoisotopic (exact) mass is 394 g/mol. The Balaban J connectivity index is 1.90. The van der Waals surface area contributed by atoms with E-state index in [1.807, 2.05) is 35.4 Å². The summed E-state index contributed by atoms with van der Waals surface area (Å²) in [5.74, 6) is 1.27. The molecule has 1 unspecified atom stereocenters. The summed E-state index contributed by atoms with van der Waals surface area (Å²) in [4.78, 5) is 18.9. The number of hydrogen-bond donors (Lipinski definition) is 1. The Hall–Kier alpha value is -2.84. The fraction of sp³-hybridized carbons (Fsp3) is 0.474. The highest BCUT2D eigenvalue weighted by molar-refractivity contribution is 5.67. The topological polar surface area (TPSA) is 70.8 Å². The van der Waals surface area contributed by atoms with E-state index in [4.69, 9.17) is 4.74 Å². The minimum absolute atomic E-state index is 0.146. The molecule has 3 heterocycles. The second kappa shape index (κ2) is 8.04. The van der Waals surface area contributed by atoms with Gasteiger partial charge < -0.3 is 24.2 Å². The van der Waals surface area contributed by atoms with Crippen LogP contribution in [0.4, 0.5) is 19.3 Å². The Labute approximate surface area is 162 Å². The van der Waals surface area contributed by atoms with Gasteiger partial charge in [-0.1, -0.05) is 0 Å². The predicted octanol–water partition coefficient (Wildman–Crippen LogP) is 3.32. The van der Waals surface area contributed by atoms with Crippen molar-refractivity contribution in [3.63, 3.8) is 0 Å². The minimum atomic E-state index is -2.58.